The van der Waals surface area contributed by atoms with Gasteiger partial charge in [-0.25, -0.2) is 0 Å². The summed E-state index contributed by atoms with van der Waals surface area (Å²) in [5, 5.41) is 2.52. The molecule has 0 radical (unpaired) electrons. The normalized spacial score (nSPS) is 15.0. The van der Waals surface area contributed by atoms with Crippen molar-refractivity contribution in [1.29, 1.82) is 0 Å². The number of thioether (sulfide) groups is 1. The Balaban J connectivity index is 1.79. The molecule has 1 aliphatic heterocycles. The first-order valence-electron chi connectivity index (χ1n) is 8.51. The molecule has 0 saturated carbocycles. The third-order valence-electron chi connectivity index (χ3n) is 4.17. The molecule has 130 valence electrons. The number of amides is 2. The second-order valence-corrected chi connectivity index (χ2v) is 7.33. The zero-order valence-electron chi connectivity index (χ0n) is 14.3. The highest BCUT2D eigenvalue weighted by atomic mass is 32.2. The molecule has 0 aliphatic carbocycles. The quantitative estimate of drug-likeness (QED) is 0.823. The maximum absolute atomic E-state index is 13.0. The summed E-state index contributed by atoms with van der Waals surface area (Å²) in [6, 6.07) is 17.6. The predicted octanol–water partition coefficient (Wildman–Crippen LogP) is 4.10. The van der Waals surface area contributed by atoms with Crippen LogP contribution in [-0.4, -0.2) is 29.8 Å². The average Bonchev–Trinajstić information content (AvgIpc) is 3.15. The van der Waals surface area contributed by atoms with Gasteiger partial charge in [-0.1, -0.05) is 30.3 Å². The molecule has 0 unspecified atom stereocenters. The number of carbonyl (C=O) groups excluding carboxylic acids is 2. The monoisotopic (exact) mass is 354 g/mol. The van der Waals surface area contributed by atoms with Crippen LogP contribution in [-0.2, 0) is 9.59 Å². The lowest BCUT2D eigenvalue weighted by molar-refractivity contribution is -0.129. The fourth-order valence-corrected chi connectivity index (χ4v) is 4.06. The summed E-state index contributed by atoms with van der Waals surface area (Å²) in [6.45, 7) is 3.19. The first-order valence-corrected chi connectivity index (χ1v) is 9.39. The molecule has 25 heavy (non-hydrogen) atoms. The molecular weight excluding hydrogens is 332 g/mol. The van der Waals surface area contributed by atoms with Gasteiger partial charge in [-0.05, 0) is 42.7 Å². The molecule has 4 nitrogen and oxygen atoms in total. The lowest BCUT2D eigenvalue weighted by Crippen LogP contribution is -2.31. The number of nitrogens with zero attached hydrogens (tertiary/aromatic N) is 1. The van der Waals surface area contributed by atoms with Gasteiger partial charge in [0.15, 0.2) is 0 Å². The van der Waals surface area contributed by atoms with E-state index in [9.17, 15) is 9.59 Å². The van der Waals surface area contributed by atoms with E-state index < -0.39 is 0 Å². The molecule has 1 aliphatic rings. The van der Waals surface area contributed by atoms with Gasteiger partial charge in [0.2, 0.25) is 11.8 Å². The van der Waals surface area contributed by atoms with Crippen LogP contribution in [0.4, 0.5) is 5.69 Å². The van der Waals surface area contributed by atoms with Crippen molar-refractivity contribution in [3.63, 3.8) is 0 Å². The van der Waals surface area contributed by atoms with Gasteiger partial charge in [-0.2, -0.15) is 0 Å². The molecule has 0 aromatic heterocycles. The highest BCUT2D eigenvalue weighted by molar-refractivity contribution is 8.00. The molecule has 2 aromatic carbocycles. The van der Waals surface area contributed by atoms with Crippen LogP contribution >= 0.6 is 11.8 Å². The van der Waals surface area contributed by atoms with Crippen molar-refractivity contribution in [3.8, 4) is 0 Å². The number of likely N-dealkylation sites (tertiary alicyclic amines) is 1. The van der Waals surface area contributed by atoms with E-state index in [2.05, 4.69) is 5.32 Å². The van der Waals surface area contributed by atoms with E-state index in [-0.39, 0.29) is 17.1 Å². The largest absolute Gasteiger partial charge is 0.341 e. The molecule has 1 saturated heterocycles. The standard InChI is InChI=1S/C20H22N2O2S/c1-15(23)21-17-9-11-18(12-10-17)25-19(16-7-3-2-4-8-16)20(24)22-13-5-6-14-22/h2-4,7-12,19H,5-6,13-14H2,1H3,(H,21,23)/t19-/m0/s1. The van der Waals surface area contributed by atoms with Crippen molar-refractivity contribution in [1.82, 2.24) is 4.90 Å². The maximum atomic E-state index is 13.0. The minimum Gasteiger partial charge on any atom is -0.341 e. The summed E-state index contributed by atoms with van der Waals surface area (Å²) in [5.74, 6) is 0.0893. The van der Waals surface area contributed by atoms with Crippen LogP contribution in [0.25, 0.3) is 0 Å². The van der Waals surface area contributed by atoms with Crippen LogP contribution in [0.15, 0.2) is 59.5 Å². The van der Waals surface area contributed by atoms with E-state index in [0.717, 1.165) is 42.1 Å². The Hall–Kier alpha value is -2.27. The summed E-state index contributed by atoms with van der Waals surface area (Å²) in [4.78, 5) is 27.1. The topological polar surface area (TPSA) is 49.4 Å². The first kappa shape index (κ1) is 17.5. The second kappa shape index (κ2) is 8.21. The molecular formula is C20H22N2O2S. The van der Waals surface area contributed by atoms with Crippen LogP contribution in [0.1, 0.15) is 30.6 Å². The summed E-state index contributed by atoms with van der Waals surface area (Å²) in [7, 11) is 0. The van der Waals surface area contributed by atoms with E-state index >= 15 is 0 Å². The number of benzene rings is 2. The molecule has 1 heterocycles. The lowest BCUT2D eigenvalue weighted by Gasteiger charge is -2.23. The van der Waals surface area contributed by atoms with Crippen molar-refractivity contribution in [2.45, 2.75) is 29.9 Å². The molecule has 0 bridgehead atoms. The SMILES string of the molecule is CC(=O)Nc1ccc(S[C@H](C(=O)N2CCCC2)c2ccccc2)cc1. The van der Waals surface area contributed by atoms with Gasteiger partial charge in [-0.3, -0.25) is 9.59 Å². The molecule has 5 heteroatoms. The van der Waals surface area contributed by atoms with Gasteiger partial charge in [0, 0.05) is 30.6 Å². The van der Waals surface area contributed by atoms with E-state index in [4.69, 9.17) is 0 Å². The van der Waals surface area contributed by atoms with E-state index in [1.54, 1.807) is 11.8 Å². The molecule has 2 amide bonds. The lowest BCUT2D eigenvalue weighted by atomic mass is 10.1. The number of carbonyl (C=O) groups is 2. The summed E-state index contributed by atoms with van der Waals surface area (Å²) >= 11 is 1.56. The zero-order chi connectivity index (χ0) is 17.6. The molecule has 2 aromatic rings. The zero-order valence-corrected chi connectivity index (χ0v) is 15.1. The summed E-state index contributed by atoms with van der Waals surface area (Å²) < 4.78 is 0. The maximum Gasteiger partial charge on any atom is 0.240 e. The second-order valence-electron chi connectivity index (χ2n) is 6.15. The van der Waals surface area contributed by atoms with Gasteiger partial charge in [-0.15, -0.1) is 11.8 Å². The Morgan fingerprint density at radius 1 is 1.00 bits per heavy atom. The number of anilines is 1. The van der Waals surface area contributed by atoms with E-state index in [1.165, 1.54) is 6.92 Å². The fraction of sp³-hybridized carbons (Fsp3) is 0.300. The Labute approximate surface area is 152 Å². The molecule has 1 fully saturated rings. The minimum absolute atomic E-state index is 0.0909. The Morgan fingerprint density at radius 2 is 1.64 bits per heavy atom. The van der Waals surface area contributed by atoms with Crippen LogP contribution in [0.3, 0.4) is 0 Å². The third-order valence-corrected chi connectivity index (χ3v) is 5.43. The average molecular weight is 354 g/mol. The van der Waals surface area contributed by atoms with E-state index in [1.807, 2.05) is 59.5 Å². The third kappa shape index (κ3) is 4.63. The summed E-state index contributed by atoms with van der Waals surface area (Å²) in [5.41, 5.74) is 1.79. The number of nitrogens with one attached hydrogen (secondary N) is 1. The van der Waals surface area contributed by atoms with Crippen molar-refractivity contribution in [2.75, 3.05) is 18.4 Å². The van der Waals surface area contributed by atoms with E-state index in [0.29, 0.717) is 0 Å². The van der Waals surface area contributed by atoms with Crippen molar-refractivity contribution in [2.24, 2.45) is 0 Å². The smallest absolute Gasteiger partial charge is 0.240 e. The van der Waals surface area contributed by atoms with Crippen molar-refractivity contribution < 1.29 is 9.59 Å². The van der Waals surface area contributed by atoms with Crippen LogP contribution in [0.5, 0.6) is 0 Å². The Bertz CT molecular complexity index is 725. The number of hydrogen-bond acceptors (Lipinski definition) is 3. The van der Waals surface area contributed by atoms with Crippen LogP contribution in [0.2, 0.25) is 0 Å². The number of hydrogen-bond donors (Lipinski definition) is 1. The summed E-state index contributed by atoms with van der Waals surface area (Å²) in [6.07, 6.45) is 2.17. The van der Waals surface area contributed by atoms with Gasteiger partial charge in [0.05, 0.1) is 0 Å². The molecule has 1 N–H and O–H groups in total. The van der Waals surface area contributed by atoms with Gasteiger partial charge in [0.1, 0.15) is 5.25 Å². The first-order chi connectivity index (χ1) is 12.1. The van der Waals surface area contributed by atoms with Gasteiger partial charge < -0.3 is 10.2 Å². The highest BCUT2D eigenvalue weighted by Crippen LogP contribution is 2.37. The van der Waals surface area contributed by atoms with Crippen LogP contribution < -0.4 is 5.32 Å². The molecule has 1 atom stereocenters. The molecule has 3 rings (SSSR count). The minimum atomic E-state index is -0.245. The predicted molar refractivity (Wildman–Crippen MR) is 102 cm³/mol. The number of rotatable bonds is 5. The Morgan fingerprint density at radius 3 is 2.24 bits per heavy atom. The van der Waals surface area contributed by atoms with Crippen LogP contribution in [0, 0.1) is 0 Å². The van der Waals surface area contributed by atoms with Crippen molar-refractivity contribution >= 4 is 29.3 Å². The Kier molecular flexibility index (Phi) is 5.76. The van der Waals surface area contributed by atoms with Crippen molar-refractivity contribution in [3.05, 3.63) is 60.2 Å². The molecule has 0 spiro atoms. The highest BCUT2D eigenvalue weighted by Gasteiger charge is 2.28. The van der Waals surface area contributed by atoms with Gasteiger partial charge >= 0.3 is 0 Å². The van der Waals surface area contributed by atoms with Gasteiger partial charge in [0.25, 0.3) is 0 Å². The fourth-order valence-electron chi connectivity index (χ4n) is 2.95.